The molecule has 0 bridgehead atoms. The molecule has 1 saturated carbocycles. The molecule has 2 aromatic heterocycles. The zero-order valence-corrected chi connectivity index (χ0v) is 26.5. The van der Waals surface area contributed by atoms with Crippen molar-refractivity contribution in [3.05, 3.63) is 100 Å². The summed E-state index contributed by atoms with van der Waals surface area (Å²) in [5.74, 6) is 1.61. The topological polar surface area (TPSA) is 83.5 Å². The largest absolute Gasteiger partial charge is 0.573 e. The first-order valence-corrected chi connectivity index (χ1v) is 15.7. The van der Waals surface area contributed by atoms with E-state index in [2.05, 4.69) is 33.7 Å². The fraction of sp³-hybridized carbons (Fsp3) is 0.294. The van der Waals surface area contributed by atoms with Gasteiger partial charge in [-0.1, -0.05) is 38.1 Å². The number of hydrogen-bond donors (Lipinski definition) is 0. The molecule has 0 N–H and O–H groups in total. The molecule has 1 fully saturated rings. The lowest BCUT2D eigenvalue weighted by Gasteiger charge is -2.16. The van der Waals surface area contributed by atoms with E-state index in [-0.39, 0.29) is 29.4 Å². The molecule has 0 spiro atoms. The average Bonchev–Trinajstić information content (AvgIpc) is 3.43. The molecular weight excluding hydrogens is 615 g/mol. The lowest BCUT2D eigenvalue weighted by Crippen LogP contribution is -2.18. The maximum absolute atomic E-state index is 13.1. The van der Waals surface area contributed by atoms with E-state index in [0.29, 0.717) is 22.7 Å². The van der Waals surface area contributed by atoms with Gasteiger partial charge in [-0.05, 0) is 84.7 Å². The van der Waals surface area contributed by atoms with Gasteiger partial charge < -0.3 is 9.47 Å². The van der Waals surface area contributed by atoms with Crippen LogP contribution in [0.25, 0.3) is 22.8 Å². The summed E-state index contributed by atoms with van der Waals surface area (Å²) in [5, 5.41) is 6.49. The Hall–Kier alpha value is -4.71. The van der Waals surface area contributed by atoms with Crippen LogP contribution in [0.2, 0.25) is 0 Å². The number of carbonyl (C=O) groups is 1. The van der Waals surface area contributed by atoms with Gasteiger partial charge in [-0.25, -0.2) is 9.67 Å². The summed E-state index contributed by atoms with van der Waals surface area (Å²) in [6, 6.07) is 19.3. The van der Waals surface area contributed by atoms with E-state index in [0.717, 1.165) is 40.2 Å². The van der Waals surface area contributed by atoms with Gasteiger partial charge in [-0.15, -0.1) is 29.6 Å². The first-order valence-electron chi connectivity index (χ1n) is 14.8. The van der Waals surface area contributed by atoms with Crippen molar-refractivity contribution in [1.29, 1.82) is 0 Å². The molecule has 238 valence electrons. The molecule has 2 heterocycles. The summed E-state index contributed by atoms with van der Waals surface area (Å²) in [7, 11) is 1.65. The number of amides is 1. The summed E-state index contributed by atoms with van der Waals surface area (Å²) in [6.45, 7) is 6.28. The minimum absolute atomic E-state index is 0.132. The van der Waals surface area contributed by atoms with Crippen LogP contribution in [0.1, 0.15) is 55.3 Å². The van der Waals surface area contributed by atoms with Crippen LogP contribution >= 0.6 is 11.3 Å². The number of aryl methyl sites for hydroxylation is 1. The summed E-state index contributed by atoms with van der Waals surface area (Å²) in [6.07, 6.45) is -1.95. The van der Waals surface area contributed by atoms with E-state index in [1.54, 1.807) is 7.11 Å². The van der Waals surface area contributed by atoms with Crippen molar-refractivity contribution in [1.82, 2.24) is 19.3 Å². The van der Waals surface area contributed by atoms with E-state index in [1.165, 1.54) is 46.6 Å². The molecule has 1 amide bonds. The molecule has 8 nitrogen and oxygen atoms in total. The van der Waals surface area contributed by atoms with Crippen LogP contribution in [0.3, 0.4) is 0 Å². The van der Waals surface area contributed by atoms with Gasteiger partial charge in [0, 0.05) is 23.1 Å². The Morgan fingerprint density at radius 3 is 2.46 bits per heavy atom. The van der Waals surface area contributed by atoms with E-state index < -0.39 is 6.36 Å². The van der Waals surface area contributed by atoms with Crippen molar-refractivity contribution in [2.75, 3.05) is 7.11 Å². The van der Waals surface area contributed by atoms with Crippen LogP contribution in [-0.2, 0) is 4.79 Å². The van der Waals surface area contributed by atoms with Crippen molar-refractivity contribution in [3.63, 3.8) is 0 Å². The quantitative estimate of drug-likeness (QED) is 0.163. The van der Waals surface area contributed by atoms with Crippen molar-refractivity contribution in [2.24, 2.45) is 10.9 Å². The zero-order chi connectivity index (χ0) is 32.6. The lowest BCUT2D eigenvalue weighted by molar-refractivity contribution is -0.274. The van der Waals surface area contributed by atoms with Gasteiger partial charge in [-0.2, -0.15) is 4.99 Å². The monoisotopic (exact) mass is 647 g/mol. The smallest absolute Gasteiger partial charge is 0.497 e. The predicted octanol–water partition coefficient (Wildman–Crippen LogP) is 7.75. The first-order chi connectivity index (χ1) is 22.0. The molecule has 0 aliphatic heterocycles. The minimum atomic E-state index is -4.75. The number of methoxy groups -OCH3 is 1. The number of nitrogens with zero attached hydrogens (tertiary/aromatic N) is 5. The molecule has 46 heavy (non-hydrogen) atoms. The number of benzene rings is 3. The standard InChI is InChI=1S/C34H32F3N5O3S/c1-20(2)28-17-27(44-4)13-14-30(28)42-21(3)18-46-33(42)39-31(43)16-24-15-29(24)22-5-7-23(8-6-22)32-38-19-41(40-32)25-9-11-26(12-10-25)45-34(35,36)37/h5-14,17-20,24,29H,15-16H2,1-4H3. The van der Waals surface area contributed by atoms with Crippen molar-refractivity contribution in [2.45, 2.75) is 51.8 Å². The fourth-order valence-corrected chi connectivity index (χ4v) is 6.43. The highest BCUT2D eigenvalue weighted by atomic mass is 32.1. The van der Waals surface area contributed by atoms with E-state index >= 15 is 0 Å². The van der Waals surface area contributed by atoms with E-state index in [4.69, 9.17) is 4.74 Å². The highest BCUT2D eigenvalue weighted by Gasteiger charge is 2.39. The molecule has 0 radical (unpaired) electrons. The van der Waals surface area contributed by atoms with Crippen LogP contribution < -0.4 is 14.3 Å². The van der Waals surface area contributed by atoms with E-state index in [9.17, 15) is 18.0 Å². The Bertz CT molecular complexity index is 1930. The predicted molar refractivity (Wildman–Crippen MR) is 169 cm³/mol. The Morgan fingerprint density at radius 2 is 1.78 bits per heavy atom. The molecule has 1 aliphatic carbocycles. The highest BCUT2D eigenvalue weighted by molar-refractivity contribution is 7.07. The summed E-state index contributed by atoms with van der Waals surface area (Å²) in [4.78, 5) is 22.7. The Morgan fingerprint density at radius 1 is 1.07 bits per heavy atom. The molecule has 2 atom stereocenters. The maximum Gasteiger partial charge on any atom is 0.573 e. The van der Waals surface area contributed by atoms with Crippen LogP contribution in [0.5, 0.6) is 11.5 Å². The number of hydrogen-bond acceptors (Lipinski definition) is 6. The van der Waals surface area contributed by atoms with Crippen molar-refractivity contribution in [3.8, 4) is 34.3 Å². The third-order valence-electron chi connectivity index (χ3n) is 7.98. The SMILES string of the molecule is COc1ccc(-n2c(C)csc2=NC(=O)CC2CC2c2ccc(-c3ncn(-c4ccc(OC(F)(F)F)cc4)n3)cc2)c(C(C)C)c1. The van der Waals surface area contributed by atoms with Crippen LogP contribution in [0.15, 0.2) is 83.4 Å². The second-order valence-corrected chi connectivity index (χ2v) is 12.4. The van der Waals surface area contributed by atoms with Gasteiger partial charge in [0.05, 0.1) is 18.5 Å². The van der Waals surface area contributed by atoms with Gasteiger partial charge in [-0.3, -0.25) is 9.36 Å². The van der Waals surface area contributed by atoms with Crippen molar-refractivity contribution >= 4 is 17.2 Å². The second kappa shape index (κ2) is 12.6. The van der Waals surface area contributed by atoms with Crippen LogP contribution in [0, 0.1) is 12.8 Å². The number of thiazole rings is 1. The second-order valence-electron chi connectivity index (χ2n) is 11.6. The molecule has 0 saturated heterocycles. The summed E-state index contributed by atoms with van der Waals surface area (Å²) in [5.41, 5.74) is 5.63. The number of ether oxygens (including phenoxy) is 2. The first kappa shape index (κ1) is 31.3. The molecule has 6 rings (SSSR count). The Balaban J connectivity index is 1.11. The number of carbonyl (C=O) groups excluding carboxylic acids is 1. The number of rotatable bonds is 9. The zero-order valence-electron chi connectivity index (χ0n) is 25.7. The molecular formula is C34H32F3N5O3S. The molecule has 2 unspecified atom stereocenters. The third-order valence-corrected chi connectivity index (χ3v) is 8.92. The number of halogens is 3. The molecule has 3 aromatic carbocycles. The fourth-order valence-electron chi connectivity index (χ4n) is 5.55. The van der Waals surface area contributed by atoms with Gasteiger partial charge >= 0.3 is 6.36 Å². The molecule has 12 heteroatoms. The van der Waals surface area contributed by atoms with Crippen LogP contribution in [-0.4, -0.2) is 38.7 Å². The van der Waals surface area contributed by atoms with Gasteiger partial charge in [0.2, 0.25) is 5.91 Å². The number of alkyl halides is 3. The normalized spacial score (nSPS) is 16.6. The van der Waals surface area contributed by atoms with Gasteiger partial charge in [0.15, 0.2) is 10.6 Å². The van der Waals surface area contributed by atoms with Gasteiger partial charge in [0.25, 0.3) is 0 Å². The third kappa shape index (κ3) is 6.91. The minimum Gasteiger partial charge on any atom is -0.497 e. The lowest BCUT2D eigenvalue weighted by atomic mass is 10.0. The average molecular weight is 648 g/mol. The van der Waals surface area contributed by atoms with Crippen LogP contribution in [0.4, 0.5) is 13.2 Å². The number of aromatic nitrogens is 4. The van der Waals surface area contributed by atoms with Crippen molar-refractivity contribution < 1.29 is 27.4 Å². The molecule has 1 aliphatic rings. The maximum atomic E-state index is 13.1. The Labute approximate surface area is 267 Å². The molecule has 5 aromatic rings. The summed E-state index contributed by atoms with van der Waals surface area (Å²) >= 11 is 1.46. The van der Waals surface area contributed by atoms with Gasteiger partial charge in [0.1, 0.15) is 17.8 Å². The summed E-state index contributed by atoms with van der Waals surface area (Å²) < 4.78 is 50.2. The highest BCUT2D eigenvalue weighted by Crippen LogP contribution is 2.49. The Kier molecular flexibility index (Phi) is 8.56. The van der Waals surface area contributed by atoms with E-state index in [1.807, 2.05) is 59.3 Å².